The van der Waals surface area contributed by atoms with Crippen LogP contribution in [0.3, 0.4) is 0 Å². The SMILES string of the molecule is CC(/C=C\C=N)=C\S(=O)[O-]. The fourth-order valence-corrected chi connectivity index (χ4v) is 0.773. The maximum Gasteiger partial charge on any atom is 0.0177 e. The van der Waals surface area contributed by atoms with Gasteiger partial charge in [-0.05, 0) is 35.1 Å². The van der Waals surface area contributed by atoms with Gasteiger partial charge in [-0.3, -0.25) is 4.21 Å². The second-order valence-electron chi connectivity index (χ2n) is 1.65. The predicted molar refractivity (Wildman–Crippen MR) is 40.6 cm³/mol. The van der Waals surface area contributed by atoms with E-state index in [4.69, 9.17) is 5.41 Å². The second-order valence-corrected chi connectivity index (χ2v) is 2.40. The molecule has 3 nitrogen and oxygen atoms in total. The molecule has 1 unspecified atom stereocenters. The first-order valence-electron chi connectivity index (χ1n) is 2.60. The average Bonchev–Trinajstić information content (AvgIpc) is 1.82. The molecule has 0 radical (unpaired) electrons. The van der Waals surface area contributed by atoms with Crippen LogP contribution in [0.4, 0.5) is 0 Å². The van der Waals surface area contributed by atoms with Crippen LogP contribution in [0.1, 0.15) is 6.92 Å². The molecule has 4 heteroatoms. The van der Waals surface area contributed by atoms with E-state index in [9.17, 15) is 8.76 Å². The van der Waals surface area contributed by atoms with Gasteiger partial charge in [0.2, 0.25) is 0 Å². The van der Waals surface area contributed by atoms with Crippen LogP contribution < -0.4 is 0 Å². The summed E-state index contributed by atoms with van der Waals surface area (Å²) in [6.07, 6.45) is 4.09. The molecule has 0 aliphatic heterocycles. The Kier molecular flexibility index (Phi) is 4.70. The zero-order valence-corrected chi connectivity index (χ0v) is 6.35. The Morgan fingerprint density at radius 1 is 1.70 bits per heavy atom. The molecular weight excluding hydrogens is 150 g/mol. The van der Waals surface area contributed by atoms with E-state index in [1.807, 2.05) is 0 Å². The van der Waals surface area contributed by atoms with Gasteiger partial charge in [-0.15, -0.1) is 0 Å². The van der Waals surface area contributed by atoms with Crippen LogP contribution in [-0.4, -0.2) is 15.0 Å². The third kappa shape index (κ3) is 5.40. The molecule has 1 atom stereocenters. The largest absolute Gasteiger partial charge is 0.769 e. The van der Waals surface area contributed by atoms with Gasteiger partial charge in [-0.2, -0.15) is 0 Å². The topological polar surface area (TPSA) is 64.0 Å². The van der Waals surface area contributed by atoms with E-state index < -0.39 is 11.1 Å². The monoisotopic (exact) mass is 158 g/mol. The molecule has 0 spiro atoms. The van der Waals surface area contributed by atoms with Crippen LogP contribution in [0.25, 0.3) is 0 Å². The highest BCUT2D eigenvalue weighted by Crippen LogP contribution is 1.94. The summed E-state index contributed by atoms with van der Waals surface area (Å²) in [5.41, 5.74) is 0.608. The molecule has 0 aliphatic carbocycles. The lowest BCUT2D eigenvalue weighted by atomic mass is 10.3. The smallest absolute Gasteiger partial charge is 0.0177 e. The highest BCUT2D eigenvalue weighted by molar-refractivity contribution is 7.82. The molecule has 0 saturated heterocycles. The van der Waals surface area contributed by atoms with E-state index in [-0.39, 0.29) is 0 Å². The van der Waals surface area contributed by atoms with Crippen molar-refractivity contribution >= 4 is 17.3 Å². The van der Waals surface area contributed by atoms with E-state index in [2.05, 4.69) is 0 Å². The maximum atomic E-state index is 10.0. The Bertz CT molecular complexity index is 196. The summed E-state index contributed by atoms with van der Waals surface area (Å²) in [7, 11) is 0. The Hall–Kier alpha value is -0.740. The van der Waals surface area contributed by atoms with Crippen molar-refractivity contribution in [2.24, 2.45) is 0 Å². The summed E-state index contributed by atoms with van der Waals surface area (Å²) in [6.45, 7) is 1.65. The van der Waals surface area contributed by atoms with Gasteiger partial charge in [0.1, 0.15) is 0 Å². The second kappa shape index (κ2) is 5.08. The van der Waals surface area contributed by atoms with E-state index in [0.29, 0.717) is 5.57 Å². The lowest BCUT2D eigenvalue weighted by Crippen LogP contribution is -1.79. The Balaban J connectivity index is 4.06. The fourth-order valence-electron chi connectivity index (χ4n) is 0.391. The zero-order chi connectivity index (χ0) is 7.98. The van der Waals surface area contributed by atoms with Crippen LogP contribution >= 0.6 is 0 Å². The molecule has 0 aromatic heterocycles. The summed E-state index contributed by atoms with van der Waals surface area (Å²) < 4.78 is 20.0. The molecule has 0 heterocycles. The van der Waals surface area contributed by atoms with E-state index in [1.165, 1.54) is 6.08 Å². The van der Waals surface area contributed by atoms with Crippen molar-refractivity contribution in [1.82, 2.24) is 0 Å². The molecule has 0 rings (SSSR count). The van der Waals surface area contributed by atoms with Crippen molar-refractivity contribution in [2.45, 2.75) is 6.92 Å². The number of hydrogen-bond acceptors (Lipinski definition) is 3. The standard InChI is InChI=1S/C6H9NO2S/c1-6(3-2-4-7)5-10(8)9/h2-5,7H,1H3,(H,8,9)/p-1/b3-2-,6-5+,7-4?. The first-order valence-corrected chi connectivity index (χ1v) is 3.74. The number of rotatable bonds is 3. The van der Waals surface area contributed by atoms with Crippen molar-refractivity contribution < 1.29 is 8.76 Å². The number of nitrogens with one attached hydrogen (secondary N) is 1. The van der Waals surface area contributed by atoms with Crippen molar-refractivity contribution in [2.75, 3.05) is 0 Å². The molecule has 0 fully saturated rings. The minimum Gasteiger partial charge on any atom is -0.769 e. The molecule has 0 aromatic rings. The van der Waals surface area contributed by atoms with Crippen LogP contribution in [0, 0.1) is 5.41 Å². The highest BCUT2D eigenvalue weighted by Gasteiger charge is 1.78. The third-order valence-corrected chi connectivity index (χ3v) is 1.30. The molecule has 0 amide bonds. The van der Waals surface area contributed by atoms with Crippen molar-refractivity contribution in [3.05, 3.63) is 23.1 Å². The van der Waals surface area contributed by atoms with E-state index in [0.717, 1.165) is 11.6 Å². The lowest BCUT2D eigenvalue weighted by molar-refractivity contribution is 0.546. The quantitative estimate of drug-likeness (QED) is 0.378. The van der Waals surface area contributed by atoms with Gasteiger partial charge in [-0.25, -0.2) is 0 Å². The Morgan fingerprint density at radius 2 is 2.30 bits per heavy atom. The fraction of sp³-hybridized carbons (Fsp3) is 0.167. The van der Waals surface area contributed by atoms with Crippen LogP contribution in [0.15, 0.2) is 23.1 Å². The lowest BCUT2D eigenvalue weighted by Gasteiger charge is -1.96. The molecule has 56 valence electrons. The average molecular weight is 158 g/mol. The van der Waals surface area contributed by atoms with Crippen LogP contribution in [-0.2, 0) is 11.1 Å². The van der Waals surface area contributed by atoms with Crippen molar-refractivity contribution in [3.8, 4) is 0 Å². The minimum atomic E-state index is -2.14. The number of hydrogen-bond donors (Lipinski definition) is 1. The Morgan fingerprint density at radius 3 is 2.70 bits per heavy atom. The summed E-state index contributed by atoms with van der Waals surface area (Å²) in [6, 6.07) is 0. The van der Waals surface area contributed by atoms with Gasteiger partial charge in [0.15, 0.2) is 0 Å². The van der Waals surface area contributed by atoms with Gasteiger partial charge in [0, 0.05) is 6.21 Å². The van der Waals surface area contributed by atoms with Gasteiger partial charge in [-0.1, -0.05) is 6.08 Å². The van der Waals surface area contributed by atoms with Gasteiger partial charge in [0.25, 0.3) is 0 Å². The van der Waals surface area contributed by atoms with Crippen molar-refractivity contribution in [3.63, 3.8) is 0 Å². The molecule has 0 aliphatic rings. The molecule has 0 saturated carbocycles. The Labute approximate surface area is 62.2 Å². The zero-order valence-electron chi connectivity index (χ0n) is 5.53. The first kappa shape index (κ1) is 9.26. The van der Waals surface area contributed by atoms with E-state index in [1.54, 1.807) is 13.0 Å². The number of allylic oxidation sites excluding steroid dienone is 3. The molecule has 0 bridgehead atoms. The first-order chi connectivity index (χ1) is 4.66. The molecule has 10 heavy (non-hydrogen) atoms. The summed E-state index contributed by atoms with van der Waals surface area (Å²) in [5.74, 6) is 0. The predicted octanol–water partition coefficient (Wildman–Crippen LogP) is 0.975. The van der Waals surface area contributed by atoms with Gasteiger partial charge >= 0.3 is 0 Å². The molecule has 1 N–H and O–H groups in total. The normalized spacial score (nSPS) is 15.6. The summed E-state index contributed by atoms with van der Waals surface area (Å²) in [5, 5.41) is 7.67. The maximum absolute atomic E-state index is 10.0. The third-order valence-electron chi connectivity index (χ3n) is 0.737. The van der Waals surface area contributed by atoms with E-state index >= 15 is 0 Å². The molecule has 0 aromatic carbocycles. The van der Waals surface area contributed by atoms with Gasteiger partial charge < -0.3 is 9.96 Å². The van der Waals surface area contributed by atoms with Crippen LogP contribution in [0.5, 0.6) is 0 Å². The molecular formula is C6H8NO2S-. The highest BCUT2D eigenvalue weighted by atomic mass is 32.2. The van der Waals surface area contributed by atoms with Crippen LogP contribution in [0.2, 0.25) is 0 Å². The summed E-state index contributed by atoms with van der Waals surface area (Å²) >= 11 is -2.14. The minimum absolute atomic E-state index is 0.608. The van der Waals surface area contributed by atoms with Crippen molar-refractivity contribution in [1.29, 1.82) is 5.41 Å². The summed E-state index contributed by atoms with van der Waals surface area (Å²) in [4.78, 5) is 0. The van der Waals surface area contributed by atoms with Gasteiger partial charge in [0.05, 0.1) is 0 Å².